The number of hydrogen-bond acceptors (Lipinski definition) is 2. The quantitative estimate of drug-likeness (QED) is 0.579. The van der Waals surface area contributed by atoms with Crippen molar-refractivity contribution in [3.05, 3.63) is 0 Å². The first-order valence-corrected chi connectivity index (χ1v) is 6.62. The van der Waals surface area contributed by atoms with E-state index >= 15 is 0 Å². The minimum absolute atomic E-state index is 0.353. The maximum absolute atomic E-state index is 9.17. The summed E-state index contributed by atoms with van der Waals surface area (Å²) in [6.45, 7) is 0. The van der Waals surface area contributed by atoms with Crippen LogP contribution < -0.4 is 0 Å². The van der Waals surface area contributed by atoms with Gasteiger partial charge >= 0.3 is 0 Å². The fourth-order valence-electron chi connectivity index (χ4n) is 5.90. The molecule has 82 valence electrons. The summed E-state index contributed by atoms with van der Waals surface area (Å²) in [5.41, 5.74) is 0. The van der Waals surface area contributed by atoms with E-state index in [9.17, 15) is 10.5 Å². The van der Waals surface area contributed by atoms with Gasteiger partial charge in [0.2, 0.25) is 0 Å². The van der Waals surface area contributed by atoms with Crippen LogP contribution in [0.2, 0.25) is 0 Å². The normalized spacial score (nSPS) is 60.6. The Balaban J connectivity index is 1.68. The molecule has 4 rings (SSSR count). The first-order valence-electron chi connectivity index (χ1n) is 6.62. The van der Waals surface area contributed by atoms with Gasteiger partial charge in [-0.25, -0.2) is 0 Å². The van der Waals surface area contributed by atoms with Crippen molar-refractivity contribution in [2.24, 2.45) is 47.3 Å². The van der Waals surface area contributed by atoms with Gasteiger partial charge in [0, 0.05) is 11.8 Å². The summed E-state index contributed by atoms with van der Waals surface area (Å²) < 4.78 is 0. The molecule has 0 aliphatic heterocycles. The molecule has 4 bridgehead atoms. The Kier molecular flexibility index (Phi) is 1.59. The lowest BCUT2D eigenvalue weighted by atomic mass is 9.65. The van der Waals surface area contributed by atoms with E-state index in [4.69, 9.17) is 0 Å². The number of hydrogen-bond donors (Lipinski definition) is 0. The van der Waals surface area contributed by atoms with E-state index in [1.807, 2.05) is 0 Å². The van der Waals surface area contributed by atoms with Gasteiger partial charge in [-0.15, -0.1) is 0 Å². The van der Waals surface area contributed by atoms with Gasteiger partial charge in [0.15, 0.2) is 0 Å². The second-order valence-corrected chi connectivity index (χ2v) is 6.42. The molecular formula is C14H16N2. The van der Waals surface area contributed by atoms with Crippen LogP contribution >= 0.6 is 0 Å². The zero-order valence-electron chi connectivity index (χ0n) is 9.34. The Morgan fingerprint density at radius 1 is 0.688 bits per heavy atom. The predicted molar refractivity (Wildman–Crippen MR) is 57.6 cm³/mol. The molecule has 4 saturated carbocycles. The van der Waals surface area contributed by atoms with Gasteiger partial charge in [-0.1, -0.05) is 0 Å². The van der Waals surface area contributed by atoms with E-state index in [1.54, 1.807) is 0 Å². The second-order valence-electron chi connectivity index (χ2n) is 6.42. The number of fused-ring (bicyclic) bond motifs is 9. The van der Waals surface area contributed by atoms with Crippen molar-refractivity contribution in [1.29, 1.82) is 10.5 Å². The third-order valence-corrected chi connectivity index (χ3v) is 6.15. The molecule has 0 aromatic carbocycles. The van der Waals surface area contributed by atoms with Gasteiger partial charge in [-0.3, -0.25) is 0 Å². The summed E-state index contributed by atoms with van der Waals surface area (Å²) in [6, 6.07) is 5.06. The molecule has 0 aromatic heterocycles. The first kappa shape index (κ1) is 9.06. The van der Waals surface area contributed by atoms with Crippen molar-refractivity contribution in [3.8, 4) is 12.1 Å². The number of nitrogens with zero attached hydrogens (tertiary/aromatic N) is 2. The SMILES string of the molecule is N#CC1C[C@H]2C[C@@H]1C1C2[C@H]2C[C@@H]1CC2C#N. The van der Waals surface area contributed by atoms with E-state index in [1.165, 1.54) is 12.8 Å². The van der Waals surface area contributed by atoms with Crippen molar-refractivity contribution in [3.63, 3.8) is 0 Å². The highest BCUT2D eigenvalue weighted by atomic mass is 14.7. The van der Waals surface area contributed by atoms with Crippen LogP contribution in [0.1, 0.15) is 25.7 Å². The Morgan fingerprint density at radius 2 is 1.12 bits per heavy atom. The van der Waals surface area contributed by atoms with Crippen molar-refractivity contribution in [2.45, 2.75) is 25.7 Å². The lowest BCUT2D eigenvalue weighted by molar-refractivity contribution is 0.105. The third kappa shape index (κ3) is 0.844. The fourth-order valence-corrected chi connectivity index (χ4v) is 5.90. The molecular weight excluding hydrogens is 196 g/mol. The van der Waals surface area contributed by atoms with Crippen LogP contribution in [-0.4, -0.2) is 0 Å². The largest absolute Gasteiger partial charge is 0.198 e. The molecule has 4 fully saturated rings. The number of rotatable bonds is 0. The standard InChI is InChI=1S/C14H16N2/c15-5-9-1-7-3-11(9)14-8-2-10(6-16)12(4-8)13(7)14/h7-14H,1-4H2/t7-,8-,9?,10?,11-,12-,13?,14?/m0/s1. The molecule has 16 heavy (non-hydrogen) atoms. The smallest absolute Gasteiger partial charge is 0.0658 e. The van der Waals surface area contributed by atoms with Crippen molar-refractivity contribution in [2.75, 3.05) is 0 Å². The highest BCUT2D eigenvalue weighted by Crippen LogP contribution is 2.69. The van der Waals surface area contributed by atoms with Crippen LogP contribution in [0.15, 0.2) is 0 Å². The minimum Gasteiger partial charge on any atom is -0.198 e. The van der Waals surface area contributed by atoms with Gasteiger partial charge in [0.1, 0.15) is 0 Å². The molecule has 0 saturated heterocycles. The minimum atomic E-state index is 0.353. The summed E-state index contributed by atoms with van der Waals surface area (Å²) in [6.07, 6.45) is 4.89. The third-order valence-electron chi connectivity index (χ3n) is 6.15. The van der Waals surface area contributed by atoms with Crippen LogP contribution in [0.5, 0.6) is 0 Å². The van der Waals surface area contributed by atoms with Crippen molar-refractivity contribution >= 4 is 0 Å². The summed E-state index contributed by atoms with van der Waals surface area (Å²) in [5, 5.41) is 18.3. The van der Waals surface area contributed by atoms with E-state index in [-0.39, 0.29) is 0 Å². The molecule has 4 aliphatic rings. The van der Waals surface area contributed by atoms with Gasteiger partial charge in [-0.2, -0.15) is 10.5 Å². The van der Waals surface area contributed by atoms with Gasteiger partial charge in [0.05, 0.1) is 12.1 Å². The van der Waals surface area contributed by atoms with E-state index < -0.39 is 0 Å². The molecule has 4 aliphatic carbocycles. The predicted octanol–water partition coefficient (Wildman–Crippen LogP) is 2.58. The molecule has 4 unspecified atom stereocenters. The molecule has 0 heterocycles. The van der Waals surface area contributed by atoms with Crippen LogP contribution in [-0.2, 0) is 0 Å². The lowest BCUT2D eigenvalue weighted by Crippen LogP contribution is -2.35. The van der Waals surface area contributed by atoms with Crippen molar-refractivity contribution in [1.82, 2.24) is 0 Å². The van der Waals surface area contributed by atoms with Crippen LogP contribution in [0.3, 0.4) is 0 Å². The molecule has 2 nitrogen and oxygen atoms in total. The Labute approximate surface area is 96.2 Å². The summed E-state index contributed by atoms with van der Waals surface area (Å²) in [5.74, 6) is 5.37. The summed E-state index contributed by atoms with van der Waals surface area (Å²) >= 11 is 0. The average Bonchev–Trinajstić information content (AvgIpc) is 3.03. The molecule has 0 radical (unpaired) electrons. The Bertz CT molecular complexity index is 375. The zero-order chi connectivity index (χ0) is 10.9. The average molecular weight is 212 g/mol. The monoisotopic (exact) mass is 212 g/mol. The summed E-state index contributed by atoms with van der Waals surface area (Å²) in [4.78, 5) is 0. The Hall–Kier alpha value is -1.02. The lowest BCUT2D eigenvalue weighted by Gasteiger charge is -2.38. The first-order chi connectivity index (χ1) is 7.83. The summed E-state index contributed by atoms with van der Waals surface area (Å²) in [7, 11) is 0. The molecule has 2 heteroatoms. The maximum atomic E-state index is 9.17. The molecule has 0 N–H and O–H groups in total. The van der Waals surface area contributed by atoms with Crippen LogP contribution in [0.25, 0.3) is 0 Å². The van der Waals surface area contributed by atoms with E-state index in [0.29, 0.717) is 23.7 Å². The van der Waals surface area contributed by atoms with Crippen molar-refractivity contribution < 1.29 is 0 Å². The Morgan fingerprint density at radius 3 is 1.50 bits per heavy atom. The van der Waals surface area contributed by atoms with Gasteiger partial charge in [0.25, 0.3) is 0 Å². The zero-order valence-corrected chi connectivity index (χ0v) is 9.34. The molecule has 0 amide bonds. The molecule has 8 atom stereocenters. The van der Waals surface area contributed by atoms with Gasteiger partial charge in [-0.05, 0) is 61.2 Å². The maximum Gasteiger partial charge on any atom is 0.0658 e. The molecule has 0 spiro atoms. The molecule has 0 aromatic rings. The fraction of sp³-hybridized carbons (Fsp3) is 0.857. The number of nitriles is 2. The van der Waals surface area contributed by atoms with E-state index in [2.05, 4.69) is 12.1 Å². The van der Waals surface area contributed by atoms with E-state index in [0.717, 1.165) is 36.5 Å². The second kappa shape index (κ2) is 2.80. The highest BCUT2D eigenvalue weighted by Gasteiger charge is 2.64. The van der Waals surface area contributed by atoms with Crippen LogP contribution in [0.4, 0.5) is 0 Å². The topological polar surface area (TPSA) is 47.6 Å². The van der Waals surface area contributed by atoms with Crippen LogP contribution in [0, 0.1) is 70.0 Å². The highest BCUT2D eigenvalue weighted by molar-refractivity contribution is 5.17. The van der Waals surface area contributed by atoms with Gasteiger partial charge < -0.3 is 0 Å².